The smallest absolute Gasteiger partial charge is 0.0436 e. The van der Waals surface area contributed by atoms with Gasteiger partial charge in [-0.15, -0.1) is 0 Å². The molecule has 0 aromatic heterocycles. The first-order valence-electron chi connectivity index (χ1n) is 7.74. The lowest BCUT2D eigenvalue weighted by atomic mass is 10.00. The zero-order valence-electron chi connectivity index (χ0n) is 13.3. The third-order valence-electron chi connectivity index (χ3n) is 3.34. The van der Waals surface area contributed by atoms with Crippen LogP contribution < -0.4 is 5.32 Å². The Morgan fingerprint density at radius 2 is 1.80 bits per heavy atom. The highest BCUT2D eigenvalue weighted by atomic mass is 32.2. The monoisotopic (exact) mass is 295 g/mol. The van der Waals surface area contributed by atoms with Crippen LogP contribution in [0.1, 0.15) is 51.3 Å². The molecule has 1 rings (SSSR count). The molecule has 2 nitrogen and oxygen atoms in total. The topological polar surface area (TPSA) is 29.1 Å². The summed E-state index contributed by atoms with van der Waals surface area (Å²) in [7, 11) is -0.738. The van der Waals surface area contributed by atoms with Crippen molar-refractivity contribution in [2.45, 2.75) is 46.6 Å². The van der Waals surface area contributed by atoms with Gasteiger partial charge < -0.3 is 5.32 Å². The molecule has 0 aliphatic heterocycles. The summed E-state index contributed by atoms with van der Waals surface area (Å²) in [5.41, 5.74) is 2.64. The zero-order chi connectivity index (χ0) is 15.0. The van der Waals surface area contributed by atoms with Gasteiger partial charge in [0.25, 0.3) is 0 Å². The molecule has 20 heavy (non-hydrogen) atoms. The maximum Gasteiger partial charge on any atom is 0.0436 e. The lowest BCUT2D eigenvalue weighted by molar-refractivity contribution is 0.569. The van der Waals surface area contributed by atoms with Crippen molar-refractivity contribution < 1.29 is 4.21 Å². The maximum atomic E-state index is 11.8. The van der Waals surface area contributed by atoms with E-state index in [1.54, 1.807) is 0 Å². The second-order valence-electron chi connectivity index (χ2n) is 5.74. The molecule has 1 aromatic rings. The molecule has 0 heterocycles. The van der Waals surface area contributed by atoms with Gasteiger partial charge in [0, 0.05) is 28.3 Å². The van der Waals surface area contributed by atoms with Gasteiger partial charge in [-0.25, -0.2) is 0 Å². The van der Waals surface area contributed by atoms with Gasteiger partial charge in [0.2, 0.25) is 0 Å². The summed E-state index contributed by atoms with van der Waals surface area (Å²) >= 11 is 0. The average molecular weight is 295 g/mol. The molecule has 0 fully saturated rings. The summed E-state index contributed by atoms with van der Waals surface area (Å²) < 4.78 is 11.8. The van der Waals surface area contributed by atoms with E-state index in [-0.39, 0.29) is 6.04 Å². The van der Waals surface area contributed by atoms with Crippen LogP contribution in [0.2, 0.25) is 0 Å². The van der Waals surface area contributed by atoms with Gasteiger partial charge in [-0.3, -0.25) is 4.21 Å². The van der Waals surface area contributed by atoms with Crippen LogP contribution in [0, 0.1) is 5.92 Å². The Morgan fingerprint density at radius 1 is 1.15 bits per heavy atom. The van der Waals surface area contributed by atoms with Crippen molar-refractivity contribution in [1.29, 1.82) is 0 Å². The van der Waals surface area contributed by atoms with Crippen molar-refractivity contribution in [3.8, 4) is 0 Å². The Hall–Kier alpha value is -0.670. The Bertz CT molecular complexity index is 400. The molecule has 2 atom stereocenters. The van der Waals surface area contributed by atoms with E-state index in [1.807, 2.05) is 6.92 Å². The van der Waals surface area contributed by atoms with Gasteiger partial charge in [0.15, 0.2) is 0 Å². The molecule has 0 saturated heterocycles. The van der Waals surface area contributed by atoms with Crippen LogP contribution in [-0.4, -0.2) is 22.3 Å². The minimum atomic E-state index is -0.738. The SMILES string of the molecule is CCCNC(CS(=O)CC)c1ccc(CC(C)C)cc1. The quantitative estimate of drug-likeness (QED) is 0.753. The minimum Gasteiger partial charge on any atom is -0.309 e. The molecule has 1 aromatic carbocycles. The Balaban J connectivity index is 2.76. The van der Waals surface area contributed by atoms with Crippen LogP contribution in [0.15, 0.2) is 24.3 Å². The van der Waals surface area contributed by atoms with E-state index in [0.29, 0.717) is 11.7 Å². The number of nitrogens with one attached hydrogen (secondary N) is 1. The van der Waals surface area contributed by atoms with Crippen molar-refractivity contribution in [1.82, 2.24) is 5.32 Å². The Kier molecular flexibility index (Phi) is 8.08. The highest BCUT2D eigenvalue weighted by Gasteiger charge is 2.13. The summed E-state index contributed by atoms with van der Waals surface area (Å²) in [6.07, 6.45) is 2.22. The molecule has 0 amide bonds. The lowest BCUT2D eigenvalue weighted by Gasteiger charge is -2.19. The van der Waals surface area contributed by atoms with Crippen molar-refractivity contribution in [3.05, 3.63) is 35.4 Å². The lowest BCUT2D eigenvalue weighted by Crippen LogP contribution is -2.27. The van der Waals surface area contributed by atoms with E-state index in [9.17, 15) is 4.21 Å². The van der Waals surface area contributed by atoms with Crippen LogP contribution in [0.4, 0.5) is 0 Å². The Labute approximate surface area is 126 Å². The fraction of sp³-hybridized carbons (Fsp3) is 0.647. The molecule has 2 unspecified atom stereocenters. The summed E-state index contributed by atoms with van der Waals surface area (Å²) in [6.45, 7) is 9.60. The standard InChI is InChI=1S/C17H29NOS/c1-5-11-18-17(13-20(19)6-2)16-9-7-15(8-10-16)12-14(3)4/h7-10,14,17-18H,5-6,11-13H2,1-4H3. The zero-order valence-corrected chi connectivity index (χ0v) is 14.1. The fourth-order valence-electron chi connectivity index (χ4n) is 2.25. The number of rotatable bonds is 9. The summed E-state index contributed by atoms with van der Waals surface area (Å²) in [4.78, 5) is 0. The van der Waals surface area contributed by atoms with Gasteiger partial charge in [0.1, 0.15) is 0 Å². The van der Waals surface area contributed by atoms with E-state index in [0.717, 1.165) is 25.1 Å². The van der Waals surface area contributed by atoms with Crippen LogP contribution in [0.5, 0.6) is 0 Å². The summed E-state index contributed by atoms with van der Waals surface area (Å²) in [5.74, 6) is 2.12. The van der Waals surface area contributed by atoms with E-state index in [4.69, 9.17) is 0 Å². The molecule has 0 aliphatic carbocycles. The van der Waals surface area contributed by atoms with Crippen molar-refractivity contribution in [2.75, 3.05) is 18.1 Å². The molecular weight excluding hydrogens is 266 g/mol. The molecule has 0 bridgehead atoms. The van der Waals surface area contributed by atoms with Crippen molar-refractivity contribution >= 4 is 10.8 Å². The second-order valence-corrected chi connectivity index (χ2v) is 7.53. The van der Waals surface area contributed by atoms with Crippen molar-refractivity contribution in [2.24, 2.45) is 5.92 Å². The van der Waals surface area contributed by atoms with E-state index >= 15 is 0 Å². The van der Waals surface area contributed by atoms with E-state index in [2.05, 4.69) is 50.4 Å². The van der Waals surface area contributed by atoms with Crippen LogP contribution in [0.25, 0.3) is 0 Å². The first-order chi connectivity index (χ1) is 9.56. The fourth-order valence-corrected chi connectivity index (χ4v) is 3.17. The van der Waals surface area contributed by atoms with Crippen molar-refractivity contribution in [3.63, 3.8) is 0 Å². The minimum absolute atomic E-state index is 0.212. The number of benzene rings is 1. The van der Waals surface area contributed by atoms with Gasteiger partial charge in [0.05, 0.1) is 0 Å². The van der Waals surface area contributed by atoms with Crippen LogP contribution >= 0.6 is 0 Å². The third-order valence-corrected chi connectivity index (χ3v) is 4.69. The summed E-state index contributed by atoms with van der Waals surface area (Å²) in [5, 5.41) is 3.52. The first kappa shape index (κ1) is 17.4. The molecule has 114 valence electrons. The summed E-state index contributed by atoms with van der Waals surface area (Å²) in [6, 6.07) is 9.02. The van der Waals surface area contributed by atoms with Crippen LogP contribution in [-0.2, 0) is 17.2 Å². The van der Waals surface area contributed by atoms with Crippen LogP contribution in [0.3, 0.4) is 0 Å². The highest BCUT2D eigenvalue weighted by Crippen LogP contribution is 2.17. The number of hydrogen-bond acceptors (Lipinski definition) is 2. The molecule has 0 aliphatic rings. The maximum absolute atomic E-state index is 11.8. The van der Waals surface area contributed by atoms with Gasteiger partial charge in [-0.2, -0.15) is 0 Å². The molecular formula is C17H29NOS. The largest absolute Gasteiger partial charge is 0.309 e. The highest BCUT2D eigenvalue weighted by molar-refractivity contribution is 7.84. The van der Waals surface area contributed by atoms with Gasteiger partial charge in [-0.1, -0.05) is 52.0 Å². The molecule has 3 heteroatoms. The third kappa shape index (κ3) is 6.19. The predicted molar refractivity (Wildman–Crippen MR) is 89.6 cm³/mol. The molecule has 0 saturated carbocycles. The van der Waals surface area contributed by atoms with Gasteiger partial charge in [-0.05, 0) is 36.4 Å². The average Bonchev–Trinajstić information content (AvgIpc) is 2.43. The Morgan fingerprint density at radius 3 is 2.30 bits per heavy atom. The normalized spacial score (nSPS) is 14.4. The second kappa shape index (κ2) is 9.30. The van der Waals surface area contributed by atoms with E-state index < -0.39 is 10.8 Å². The molecule has 0 radical (unpaired) electrons. The van der Waals surface area contributed by atoms with E-state index in [1.165, 1.54) is 11.1 Å². The first-order valence-corrected chi connectivity index (χ1v) is 9.22. The number of hydrogen-bond donors (Lipinski definition) is 1. The van der Waals surface area contributed by atoms with Gasteiger partial charge >= 0.3 is 0 Å². The molecule has 0 spiro atoms. The predicted octanol–water partition coefficient (Wildman–Crippen LogP) is 3.69. The molecule has 1 N–H and O–H groups in total.